The molecule has 1 aromatic heterocycles. The molecular formula is C10H18N4O. The number of ether oxygens (including phenoxy) is 1. The highest BCUT2D eigenvalue weighted by Gasteiger charge is 2.08. The van der Waals surface area contributed by atoms with E-state index < -0.39 is 0 Å². The molecule has 0 unspecified atom stereocenters. The van der Waals surface area contributed by atoms with Gasteiger partial charge in [0.2, 0.25) is 5.88 Å². The fourth-order valence-corrected chi connectivity index (χ4v) is 1.27. The monoisotopic (exact) mass is 210 g/mol. The van der Waals surface area contributed by atoms with Gasteiger partial charge in [-0.15, -0.1) is 0 Å². The number of rotatable bonds is 6. The summed E-state index contributed by atoms with van der Waals surface area (Å²) in [6, 6.07) is 0. The number of methoxy groups -OCH3 is 1. The number of anilines is 1. The van der Waals surface area contributed by atoms with Gasteiger partial charge < -0.3 is 15.8 Å². The first-order valence-electron chi connectivity index (χ1n) is 5.13. The van der Waals surface area contributed by atoms with Crippen LogP contribution in [0.25, 0.3) is 0 Å². The average Bonchev–Trinajstić information content (AvgIpc) is 2.26. The van der Waals surface area contributed by atoms with Gasteiger partial charge >= 0.3 is 0 Å². The van der Waals surface area contributed by atoms with Gasteiger partial charge in [-0.2, -0.15) is 0 Å². The molecule has 1 heterocycles. The normalized spacial score (nSPS) is 10.3. The molecule has 84 valence electrons. The minimum absolute atomic E-state index is 0.478. The second-order valence-corrected chi connectivity index (χ2v) is 3.28. The molecule has 3 N–H and O–H groups in total. The van der Waals surface area contributed by atoms with Crippen LogP contribution in [-0.2, 0) is 6.54 Å². The molecule has 1 rings (SSSR count). The van der Waals surface area contributed by atoms with E-state index in [9.17, 15) is 0 Å². The molecule has 15 heavy (non-hydrogen) atoms. The molecule has 0 aliphatic carbocycles. The standard InChI is InChI=1S/C10H18N4O/c1-3-4-5-12-6-8-9(11)13-7-14-10(8)15-2/h7,12H,3-6H2,1-2H3,(H2,11,13,14). The third-order valence-corrected chi connectivity index (χ3v) is 2.14. The number of unbranched alkanes of at least 4 members (excludes halogenated alkanes) is 1. The van der Waals surface area contributed by atoms with Crippen molar-refractivity contribution in [3.05, 3.63) is 11.9 Å². The maximum Gasteiger partial charge on any atom is 0.222 e. The fourth-order valence-electron chi connectivity index (χ4n) is 1.27. The molecule has 1 aromatic rings. The molecule has 0 saturated heterocycles. The Morgan fingerprint density at radius 2 is 2.27 bits per heavy atom. The highest BCUT2D eigenvalue weighted by atomic mass is 16.5. The average molecular weight is 210 g/mol. The topological polar surface area (TPSA) is 73.1 Å². The Balaban J connectivity index is 2.58. The second kappa shape index (κ2) is 6.19. The maximum atomic E-state index is 5.74. The summed E-state index contributed by atoms with van der Waals surface area (Å²) in [5.74, 6) is 1.03. The Labute approximate surface area is 90.1 Å². The van der Waals surface area contributed by atoms with Crippen molar-refractivity contribution in [3.8, 4) is 5.88 Å². The number of nitrogen functional groups attached to an aromatic ring is 1. The van der Waals surface area contributed by atoms with Gasteiger partial charge in [0.05, 0.1) is 12.7 Å². The van der Waals surface area contributed by atoms with Gasteiger partial charge in [0.25, 0.3) is 0 Å². The summed E-state index contributed by atoms with van der Waals surface area (Å²) in [6.45, 7) is 3.77. The number of nitrogens with zero attached hydrogens (tertiary/aromatic N) is 2. The lowest BCUT2D eigenvalue weighted by atomic mass is 10.2. The van der Waals surface area contributed by atoms with E-state index >= 15 is 0 Å². The lowest BCUT2D eigenvalue weighted by Crippen LogP contribution is -2.17. The predicted molar refractivity (Wildman–Crippen MR) is 59.6 cm³/mol. The number of aromatic nitrogens is 2. The first-order chi connectivity index (χ1) is 7.29. The van der Waals surface area contributed by atoms with Crippen LogP contribution in [0.2, 0.25) is 0 Å². The smallest absolute Gasteiger partial charge is 0.222 e. The van der Waals surface area contributed by atoms with Crippen LogP contribution >= 0.6 is 0 Å². The zero-order valence-electron chi connectivity index (χ0n) is 9.29. The summed E-state index contributed by atoms with van der Waals surface area (Å²) < 4.78 is 5.11. The van der Waals surface area contributed by atoms with E-state index in [1.807, 2.05) is 0 Å². The summed E-state index contributed by atoms with van der Waals surface area (Å²) in [7, 11) is 1.58. The Kier molecular flexibility index (Phi) is 4.83. The van der Waals surface area contributed by atoms with Gasteiger partial charge in [0.15, 0.2) is 0 Å². The summed E-state index contributed by atoms with van der Waals surface area (Å²) >= 11 is 0. The van der Waals surface area contributed by atoms with Gasteiger partial charge in [-0.05, 0) is 13.0 Å². The first-order valence-corrected chi connectivity index (χ1v) is 5.13. The van der Waals surface area contributed by atoms with Crippen molar-refractivity contribution in [1.29, 1.82) is 0 Å². The summed E-state index contributed by atoms with van der Waals surface area (Å²) in [6.07, 6.45) is 3.73. The molecular weight excluding hydrogens is 192 g/mol. The third kappa shape index (κ3) is 3.36. The van der Waals surface area contributed by atoms with E-state index in [1.54, 1.807) is 7.11 Å². The van der Waals surface area contributed by atoms with Crippen LogP contribution in [0, 0.1) is 0 Å². The van der Waals surface area contributed by atoms with Crippen molar-refractivity contribution < 1.29 is 4.74 Å². The molecule has 0 aliphatic rings. The van der Waals surface area contributed by atoms with Crippen molar-refractivity contribution in [2.45, 2.75) is 26.3 Å². The van der Waals surface area contributed by atoms with Gasteiger partial charge in [-0.1, -0.05) is 13.3 Å². The van der Waals surface area contributed by atoms with Crippen LogP contribution in [0.15, 0.2) is 6.33 Å². The molecule has 0 aromatic carbocycles. The van der Waals surface area contributed by atoms with Gasteiger partial charge in [0.1, 0.15) is 12.1 Å². The zero-order valence-corrected chi connectivity index (χ0v) is 9.29. The summed E-state index contributed by atoms with van der Waals surface area (Å²) in [5, 5.41) is 3.28. The third-order valence-electron chi connectivity index (χ3n) is 2.14. The zero-order chi connectivity index (χ0) is 11.1. The molecule has 0 aliphatic heterocycles. The fraction of sp³-hybridized carbons (Fsp3) is 0.600. The maximum absolute atomic E-state index is 5.74. The van der Waals surface area contributed by atoms with Crippen LogP contribution in [0.1, 0.15) is 25.3 Å². The number of nitrogens with one attached hydrogen (secondary N) is 1. The van der Waals surface area contributed by atoms with Crippen molar-refractivity contribution in [2.24, 2.45) is 0 Å². The molecule has 0 amide bonds. The lowest BCUT2D eigenvalue weighted by molar-refractivity contribution is 0.389. The van der Waals surface area contributed by atoms with Gasteiger partial charge in [-0.3, -0.25) is 0 Å². The Hall–Kier alpha value is -1.36. The van der Waals surface area contributed by atoms with Crippen LogP contribution in [0.5, 0.6) is 5.88 Å². The minimum atomic E-state index is 0.478. The molecule has 0 radical (unpaired) electrons. The second-order valence-electron chi connectivity index (χ2n) is 3.28. The molecule has 5 heteroatoms. The van der Waals surface area contributed by atoms with Crippen molar-refractivity contribution in [1.82, 2.24) is 15.3 Å². The molecule has 0 fully saturated rings. The highest BCUT2D eigenvalue weighted by Crippen LogP contribution is 2.18. The van der Waals surface area contributed by atoms with Crippen molar-refractivity contribution in [3.63, 3.8) is 0 Å². The van der Waals surface area contributed by atoms with Crippen molar-refractivity contribution >= 4 is 5.82 Å². The Morgan fingerprint density at radius 3 is 2.93 bits per heavy atom. The number of hydrogen-bond acceptors (Lipinski definition) is 5. The van der Waals surface area contributed by atoms with Crippen LogP contribution < -0.4 is 15.8 Å². The Morgan fingerprint density at radius 1 is 1.47 bits per heavy atom. The van der Waals surface area contributed by atoms with Gasteiger partial charge in [-0.25, -0.2) is 9.97 Å². The number of hydrogen-bond donors (Lipinski definition) is 2. The van der Waals surface area contributed by atoms with E-state index in [0.717, 1.165) is 18.5 Å². The summed E-state index contributed by atoms with van der Waals surface area (Å²) in [5.41, 5.74) is 6.57. The molecule has 5 nitrogen and oxygen atoms in total. The largest absolute Gasteiger partial charge is 0.481 e. The molecule has 0 spiro atoms. The van der Waals surface area contributed by atoms with Crippen LogP contribution in [-0.4, -0.2) is 23.6 Å². The van der Waals surface area contributed by atoms with E-state index in [2.05, 4.69) is 22.2 Å². The SMILES string of the molecule is CCCCNCc1c(N)ncnc1OC. The van der Waals surface area contributed by atoms with E-state index in [4.69, 9.17) is 10.5 Å². The van der Waals surface area contributed by atoms with Crippen LogP contribution in [0.3, 0.4) is 0 Å². The molecule has 0 saturated carbocycles. The summed E-state index contributed by atoms with van der Waals surface area (Å²) in [4.78, 5) is 7.94. The van der Waals surface area contributed by atoms with E-state index in [-0.39, 0.29) is 0 Å². The van der Waals surface area contributed by atoms with Crippen molar-refractivity contribution in [2.75, 3.05) is 19.4 Å². The van der Waals surface area contributed by atoms with E-state index in [1.165, 1.54) is 12.7 Å². The van der Waals surface area contributed by atoms with Gasteiger partial charge in [0, 0.05) is 6.54 Å². The lowest BCUT2D eigenvalue weighted by Gasteiger charge is -2.09. The minimum Gasteiger partial charge on any atom is -0.481 e. The van der Waals surface area contributed by atoms with Crippen LogP contribution in [0.4, 0.5) is 5.82 Å². The number of nitrogens with two attached hydrogens (primary N) is 1. The molecule has 0 atom stereocenters. The highest BCUT2D eigenvalue weighted by molar-refractivity contribution is 5.44. The van der Waals surface area contributed by atoms with E-state index in [0.29, 0.717) is 18.2 Å². The Bertz CT molecular complexity index is 303. The quantitative estimate of drug-likeness (QED) is 0.684. The predicted octanol–water partition coefficient (Wildman–Crippen LogP) is 0.957. The first kappa shape index (κ1) is 11.7. The molecule has 0 bridgehead atoms.